The minimum absolute atomic E-state index is 0. The van der Waals surface area contributed by atoms with E-state index in [0.29, 0.717) is 6.01 Å². The van der Waals surface area contributed by atoms with E-state index in [0.717, 1.165) is 5.82 Å². The number of aromatic nitrogens is 3. The normalized spacial score (nSPS) is 8.60. The lowest BCUT2D eigenvalue weighted by Crippen LogP contribution is -1.80. The molecular weight excluding hydrogens is 150 g/mol. The lowest BCUT2D eigenvalue weighted by molar-refractivity contribution is 0.591. The van der Waals surface area contributed by atoms with Crippen molar-refractivity contribution < 1.29 is 4.18 Å². The molecule has 1 aromatic heterocycles. The second-order valence-corrected chi connectivity index (χ2v) is 1.95. The molecule has 0 saturated heterocycles. The number of rotatable bonds is 2. The van der Waals surface area contributed by atoms with Gasteiger partial charge >= 0.3 is 6.01 Å². The van der Waals surface area contributed by atoms with Crippen LogP contribution in [0.4, 0.5) is 0 Å². The maximum atomic E-state index is 4.89. The summed E-state index contributed by atoms with van der Waals surface area (Å²) >= 11 is 1.22. The van der Waals surface area contributed by atoms with Crippen molar-refractivity contribution in [2.75, 3.05) is 6.26 Å². The zero-order valence-electron chi connectivity index (χ0n) is 5.21. The van der Waals surface area contributed by atoms with Crippen molar-refractivity contribution in [3.63, 3.8) is 0 Å². The van der Waals surface area contributed by atoms with Crippen LogP contribution in [0.5, 0.6) is 6.01 Å². The Morgan fingerprint density at radius 1 is 1.60 bits per heavy atom. The van der Waals surface area contributed by atoms with E-state index in [2.05, 4.69) is 15.2 Å². The van der Waals surface area contributed by atoms with E-state index >= 15 is 0 Å². The molecule has 1 aromatic rings. The summed E-state index contributed by atoms with van der Waals surface area (Å²) in [4.78, 5) is 3.89. The summed E-state index contributed by atoms with van der Waals surface area (Å²) in [5, 5.41) is 6.38. The van der Waals surface area contributed by atoms with Gasteiger partial charge in [-0.3, -0.25) is 5.10 Å². The van der Waals surface area contributed by atoms with Crippen LogP contribution in [0.25, 0.3) is 0 Å². The van der Waals surface area contributed by atoms with E-state index in [-0.39, 0.29) is 7.43 Å². The van der Waals surface area contributed by atoms with E-state index in [1.54, 1.807) is 0 Å². The van der Waals surface area contributed by atoms with Gasteiger partial charge in [-0.25, -0.2) is 0 Å². The van der Waals surface area contributed by atoms with Crippen molar-refractivity contribution in [3.05, 3.63) is 5.82 Å². The number of nitrogens with one attached hydrogen (secondary N) is 1. The fourth-order valence-corrected chi connectivity index (χ4v) is 0.658. The molecule has 0 saturated carbocycles. The summed E-state index contributed by atoms with van der Waals surface area (Å²) in [7, 11) is 0. The first-order chi connectivity index (χ1) is 4.33. The molecule has 0 radical (unpaired) electrons. The van der Waals surface area contributed by atoms with Crippen molar-refractivity contribution in [1.82, 2.24) is 15.2 Å². The van der Waals surface area contributed by atoms with E-state index in [4.69, 9.17) is 4.18 Å². The molecule has 0 unspecified atom stereocenters. The van der Waals surface area contributed by atoms with Crippen LogP contribution in [0.15, 0.2) is 0 Å². The predicted octanol–water partition coefficient (Wildman–Crippen LogP) is 1.41. The fraction of sp³-hybridized carbons (Fsp3) is 0.600. The fourth-order valence-electron chi connectivity index (χ4n) is 0.434. The Labute approximate surface area is 64.6 Å². The summed E-state index contributed by atoms with van der Waals surface area (Å²) in [6.45, 7) is 1.82. The minimum Gasteiger partial charge on any atom is -0.388 e. The smallest absolute Gasteiger partial charge is 0.347 e. The van der Waals surface area contributed by atoms with E-state index < -0.39 is 0 Å². The minimum atomic E-state index is 0. The van der Waals surface area contributed by atoms with Crippen LogP contribution >= 0.6 is 12.0 Å². The monoisotopic (exact) mass is 161 g/mol. The molecule has 0 bridgehead atoms. The largest absolute Gasteiger partial charge is 0.388 e. The average molecular weight is 161 g/mol. The summed E-state index contributed by atoms with van der Waals surface area (Å²) in [5.41, 5.74) is 0. The number of nitrogens with zero attached hydrogens (tertiary/aromatic N) is 2. The third kappa shape index (κ3) is 2.26. The average Bonchev–Trinajstić information content (AvgIpc) is 2.17. The molecule has 0 fully saturated rings. The van der Waals surface area contributed by atoms with Crippen molar-refractivity contribution in [2.45, 2.75) is 14.4 Å². The molecule has 4 nitrogen and oxygen atoms in total. The highest BCUT2D eigenvalue weighted by molar-refractivity contribution is 7.94. The van der Waals surface area contributed by atoms with Gasteiger partial charge in [0.05, 0.1) is 12.0 Å². The predicted molar refractivity (Wildman–Crippen MR) is 42.0 cm³/mol. The molecule has 0 amide bonds. The van der Waals surface area contributed by atoms with Gasteiger partial charge in [0.15, 0.2) is 0 Å². The molecule has 0 aliphatic carbocycles. The van der Waals surface area contributed by atoms with Gasteiger partial charge in [-0.05, 0) is 6.92 Å². The Bertz CT molecular complexity index is 189. The Hall–Kier alpha value is -0.710. The van der Waals surface area contributed by atoms with Gasteiger partial charge in [0.1, 0.15) is 5.82 Å². The first kappa shape index (κ1) is 9.29. The number of H-pyrrole nitrogens is 1. The molecule has 0 aromatic carbocycles. The van der Waals surface area contributed by atoms with Gasteiger partial charge in [0.2, 0.25) is 0 Å². The van der Waals surface area contributed by atoms with Crippen molar-refractivity contribution in [1.29, 1.82) is 0 Å². The Kier molecular flexibility index (Phi) is 3.87. The second-order valence-electron chi connectivity index (χ2n) is 1.45. The number of hydrogen-bond acceptors (Lipinski definition) is 4. The highest BCUT2D eigenvalue weighted by Gasteiger charge is 1.96. The van der Waals surface area contributed by atoms with Gasteiger partial charge in [0.25, 0.3) is 0 Å². The first-order valence-electron chi connectivity index (χ1n) is 2.42. The third-order valence-electron chi connectivity index (χ3n) is 0.735. The summed E-state index contributed by atoms with van der Waals surface area (Å²) < 4.78 is 4.89. The molecule has 58 valence electrons. The quantitative estimate of drug-likeness (QED) is 0.666. The van der Waals surface area contributed by atoms with Gasteiger partial charge < -0.3 is 4.18 Å². The summed E-state index contributed by atoms with van der Waals surface area (Å²) in [5.74, 6) is 0.763. The van der Waals surface area contributed by atoms with Crippen LogP contribution in [-0.2, 0) is 0 Å². The molecule has 0 atom stereocenters. The lowest BCUT2D eigenvalue weighted by atomic mass is 10.8. The third-order valence-corrected chi connectivity index (χ3v) is 1.05. The van der Waals surface area contributed by atoms with E-state index in [1.165, 1.54) is 12.0 Å². The number of aryl methyl sites for hydroxylation is 1. The van der Waals surface area contributed by atoms with Crippen molar-refractivity contribution >= 4 is 12.0 Å². The maximum absolute atomic E-state index is 4.89. The van der Waals surface area contributed by atoms with E-state index in [1.807, 2.05) is 13.2 Å². The number of hydrogen-bond donors (Lipinski definition) is 1. The zero-order chi connectivity index (χ0) is 6.69. The topological polar surface area (TPSA) is 50.8 Å². The maximum Gasteiger partial charge on any atom is 0.347 e. The SMILES string of the molecule is C.CSOc1n[nH]c(C)n1. The molecule has 0 spiro atoms. The van der Waals surface area contributed by atoms with Gasteiger partial charge in [-0.1, -0.05) is 7.43 Å². The van der Waals surface area contributed by atoms with Crippen LogP contribution in [-0.4, -0.2) is 21.4 Å². The van der Waals surface area contributed by atoms with Crippen molar-refractivity contribution in [3.8, 4) is 6.01 Å². The van der Waals surface area contributed by atoms with Crippen LogP contribution in [0, 0.1) is 6.92 Å². The highest BCUT2D eigenvalue weighted by Crippen LogP contribution is 2.05. The molecular formula is C5H11N3OS. The molecule has 0 aliphatic heterocycles. The van der Waals surface area contributed by atoms with Crippen LogP contribution in [0.1, 0.15) is 13.3 Å². The molecule has 10 heavy (non-hydrogen) atoms. The van der Waals surface area contributed by atoms with Crippen LogP contribution in [0.3, 0.4) is 0 Å². The standard InChI is InChI=1S/C4H7N3OS.CH4/c1-3-5-4(7-6-3)8-9-2;/h1-2H3,(H,5,6,7);1H4. The number of aromatic amines is 1. The van der Waals surface area contributed by atoms with E-state index in [9.17, 15) is 0 Å². The van der Waals surface area contributed by atoms with Gasteiger partial charge in [-0.2, -0.15) is 4.98 Å². The molecule has 5 heteroatoms. The zero-order valence-corrected chi connectivity index (χ0v) is 6.03. The molecule has 1 heterocycles. The second kappa shape index (κ2) is 4.16. The van der Waals surface area contributed by atoms with Crippen molar-refractivity contribution in [2.24, 2.45) is 0 Å². The Morgan fingerprint density at radius 2 is 2.30 bits per heavy atom. The molecule has 1 N–H and O–H groups in total. The van der Waals surface area contributed by atoms with Crippen LogP contribution < -0.4 is 4.18 Å². The molecule has 1 rings (SSSR count). The van der Waals surface area contributed by atoms with Gasteiger partial charge in [0, 0.05) is 6.26 Å². The molecule has 0 aliphatic rings. The van der Waals surface area contributed by atoms with Gasteiger partial charge in [-0.15, -0.1) is 5.10 Å². The lowest BCUT2D eigenvalue weighted by Gasteiger charge is -1.87. The Morgan fingerprint density at radius 3 is 2.70 bits per heavy atom. The first-order valence-corrected chi connectivity index (χ1v) is 3.57. The Balaban J connectivity index is 0.000000810. The summed E-state index contributed by atoms with van der Waals surface area (Å²) in [6.07, 6.45) is 1.81. The highest BCUT2D eigenvalue weighted by atomic mass is 32.2. The van der Waals surface area contributed by atoms with Crippen LogP contribution in [0.2, 0.25) is 0 Å². The summed E-state index contributed by atoms with van der Waals surface area (Å²) in [6, 6.07) is 0.389.